The Hall–Kier alpha value is -1.59. The van der Waals surface area contributed by atoms with Crippen LogP contribution >= 0.6 is 11.3 Å². The summed E-state index contributed by atoms with van der Waals surface area (Å²) in [4.78, 5) is 5.45. The molecule has 0 saturated carbocycles. The number of benzene rings is 1. The Bertz CT molecular complexity index is 554. The highest BCUT2D eigenvalue weighted by Gasteiger charge is 2.11. The van der Waals surface area contributed by atoms with Crippen LogP contribution in [-0.2, 0) is 13.0 Å². The molecule has 108 valence electrons. The van der Waals surface area contributed by atoms with Crippen LogP contribution in [0.5, 0.6) is 11.5 Å². The molecule has 1 aromatic heterocycles. The quantitative estimate of drug-likeness (QED) is 0.852. The van der Waals surface area contributed by atoms with E-state index in [2.05, 4.69) is 4.98 Å². The molecule has 0 aliphatic rings. The molecule has 1 N–H and O–H groups in total. The van der Waals surface area contributed by atoms with E-state index in [9.17, 15) is 5.11 Å². The number of aliphatic hydroxyl groups excluding tert-OH is 1. The Morgan fingerprint density at radius 3 is 2.80 bits per heavy atom. The van der Waals surface area contributed by atoms with E-state index in [0.29, 0.717) is 24.7 Å². The number of aryl methyl sites for hydroxylation is 1. The lowest BCUT2D eigenvalue weighted by Gasteiger charge is -2.14. The van der Waals surface area contributed by atoms with E-state index in [1.807, 2.05) is 37.6 Å². The molecule has 0 amide bonds. The maximum absolute atomic E-state index is 9.40. The Kier molecular flexibility index (Phi) is 5.38. The molecule has 2 aromatic rings. The standard InChI is InChI=1S/C15H19NO3S/c1-3-18-13-6-4-5-12(9-17)15(13)19-8-7-14-11(2)16-10-20-14/h4-6,10,17H,3,7-9H2,1-2H3. The second-order valence-electron chi connectivity index (χ2n) is 4.29. The molecule has 2 rings (SSSR count). The maximum atomic E-state index is 9.40. The maximum Gasteiger partial charge on any atom is 0.166 e. The van der Waals surface area contributed by atoms with E-state index in [0.717, 1.165) is 17.7 Å². The lowest BCUT2D eigenvalue weighted by Crippen LogP contribution is -2.06. The molecule has 0 spiro atoms. The molecule has 0 fully saturated rings. The Morgan fingerprint density at radius 1 is 1.30 bits per heavy atom. The van der Waals surface area contributed by atoms with Crippen LogP contribution in [0.2, 0.25) is 0 Å². The van der Waals surface area contributed by atoms with Gasteiger partial charge in [0.1, 0.15) is 0 Å². The molecule has 5 heteroatoms. The van der Waals surface area contributed by atoms with Crippen LogP contribution in [0, 0.1) is 6.92 Å². The third-order valence-electron chi connectivity index (χ3n) is 2.95. The van der Waals surface area contributed by atoms with Crippen molar-refractivity contribution < 1.29 is 14.6 Å². The Balaban J connectivity index is 2.05. The lowest BCUT2D eigenvalue weighted by atomic mass is 10.2. The number of rotatable bonds is 7. The summed E-state index contributed by atoms with van der Waals surface area (Å²) in [5, 5.41) is 9.40. The molecule has 0 bridgehead atoms. The van der Waals surface area contributed by atoms with Gasteiger partial charge >= 0.3 is 0 Å². The fourth-order valence-electron chi connectivity index (χ4n) is 1.93. The van der Waals surface area contributed by atoms with Crippen molar-refractivity contribution in [2.45, 2.75) is 26.9 Å². The summed E-state index contributed by atoms with van der Waals surface area (Å²) in [5.41, 5.74) is 3.65. The SMILES string of the molecule is CCOc1cccc(CO)c1OCCc1scnc1C. The first-order valence-corrected chi connectivity index (χ1v) is 7.51. The average Bonchev–Trinajstić information content (AvgIpc) is 2.86. The summed E-state index contributed by atoms with van der Waals surface area (Å²) in [6, 6.07) is 5.56. The minimum absolute atomic E-state index is 0.0597. The van der Waals surface area contributed by atoms with Gasteiger partial charge in [0.15, 0.2) is 11.5 Å². The highest BCUT2D eigenvalue weighted by atomic mass is 32.1. The number of aromatic nitrogens is 1. The van der Waals surface area contributed by atoms with Crippen molar-refractivity contribution in [1.29, 1.82) is 0 Å². The Labute approximate surface area is 123 Å². The van der Waals surface area contributed by atoms with Gasteiger partial charge in [-0.05, 0) is 19.9 Å². The predicted molar refractivity (Wildman–Crippen MR) is 79.6 cm³/mol. The molecule has 20 heavy (non-hydrogen) atoms. The molecule has 0 radical (unpaired) electrons. The Morgan fingerprint density at radius 2 is 2.15 bits per heavy atom. The number of hydrogen-bond donors (Lipinski definition) is 1. The van der Waals surface area contributed by atoms with Gasteiger partial charge in [-0.15, -0.1) is 11.3 Å². The number of thiazole rings is 1. The second kappa shape index (κ2) is 7.26. The summed E-state index contributed by atoms with van der Waals surface area (Å²) >= 11 is 1.64. The minimum Gasteiger partial charge on any atom is -0.490 e. The van der Waals surface area contributed by atoms with Crippen LogP contribution in [0.1, 0.15) is 23.1 Å². The van der Waals surface area contributed by atoms with E-state index in [1.54, 1.807) is 11.3 Å². The van der Waals surface area contributed by atoms with Gasteiger partial charge in [-0.1, -0.05) is 12.1 Å². The summed E-state index contributed by atoms with van der Waals surface area (Å²) in [5.74, 6) is 1.32. The molecule has 0 aliphatic heterocycles. The zero-order valence-corrected chi connectivity index (χ0v) is 12.6. The molecule has 0 atom stereocenters. The monoisotopic (exact) mass is 293 g/mol. The van der Waals surface area contributed by atoms with Crippen LogP contribution in [0.4, 0.5) is 0 Å². The number of hydrogen-bond acceptors (Lipinski definition) is 5. The highest BCUT2D eigenvalue weighted by Crippen LogP contribution is 2.31. The molecule has 0 unspecified atom stereocenters. The largest absolute Gasteiger partial charge is 0.490 e. The van der Waals surface area contributed by atoms with Crippen molar-refractivity contribution in [2.24, 2.45) is 0 Å². The van der Waals surface area contributed by atoms with Crippen LogP contribution in [0.15, 0.2) is 23.7 Å². The molecular formula is C15H19NO3S. The van der Waals surface area contributed by atoms with Crippen molar-refractivity contribution >= 4 is 11.3 Å². The molecular weight excluding hydrogens is 274 g/mol. The number of aliphatic hydroxyl groups is 1. The van der Waals surface area contributed by atoms with Gasteiger partial charge in [-0.3, -0.25) is 0 Å². The van der Waals surface area contributed by atoms with E-state index < -0.39 is 0 Å². The van der Waals surface area contributed by atoms with Crippen molar-refractivity contribution in [2.75, 3.05) is 13.2 Å². The summed E-state index contributed by atoms with van der Waals surface area (Å²) in [7, 11) is 0. The predicted octanol–water partition coefficient (Wildman–Crippen LogP) is 2.96. The zero-order valence-electron chi connectivity index (χ0n) is 11.8. The van der Waals surface area contributed by atoms with Crippen molar-refractivity contribution in [3.05, 3.63) is 39.8 Å². The molecule has 4 nitrogen and oxygen atoms in total. The van der Waals surface area contributed by atoms with Crippen molar-refractivity contribution in [3.63, 3.8) is 0 Å². The summed E-state index contributed by atoms with van der Waals surface area (Å²) in [6.07, 6.45) is 0.807. The van der Waals surface area contributed by atoms with Gasteiger partial charge in [0.25, 0.3) is 0 Å². The first-order valence-electron chi connectivity index (χ1n) is 6.63. The van der Waals surface area contributed by atoms with Crippen LogP contribution < -0.4 is 9.47 Å². The van der Waals surface area contributed by atoms with Crippen molar-refractivity contribution in [1.82, 2.24) is 4.98 Å². The molecule has 0 aliphatic carbocycles. The number of nitrogens with zero attached hydrogens (tertiary/aromatic N) is 1. The van der Waals surface area contributed by atoms with Crippen LogP contribution in [0.25, 0.3) is 0 Å². The third-order valence-corrected chi connectivity index (χ3v) is 3.95. The average molecular weight is 293 g/mol. The highest BCUT2D eigenvalue weighted by molar-refractivity contribution is 7.09. The van der Waals surface area contributed by atoms with Crippen molar-refractivity contribution in [3.8, 4) is 11.5 Å². The first-order chi connectivity index (χ1) is 9.76. The van der Waals surface area contributed by atoms with E-state index in [4.69, 9.17) is 9.47 Å². The van der Waals surface area contributed by atoms with E-state index >= 15 is 0 Å². The smallest absolute Gasteiger partial charge is 0.166 e. The topological polar surface area (TPSA) is 51.6 Å². The van der Waals surface area contributed by atoms with Crippen LogP contribution in [0.3, 0.4) is 0 Å². The van der Waals surface area contributed by atoms with Gasteiger partial charge in [0.05, 0.1) is 31.0 Å². The number of para-hydroxylation sites is 1. The molecule has 1 heterocycles. The zero-order chi connectivity index (χ0) is 14.4. The normalized spacial score (nSPS) is 10.6. The van der Waals surface area contributed by atoms with Crippen LogP contribution in [-0.4, -0.2) is 23.3 Å². The van der Waals surface area contributed by atoms with Gasteiger partial charge < -0.3 is 14.6 Å². The van der Waals surface area contributed by atoms with Gasteiger partial charge in [-0.2, -0.15) is 0 Å². The number of ether oxygens (including phenoxy) is 2. The summed E-state index contributed by atoms with van der Waals surface area (Å²) < 4.78 is 11.4. The van der Waals surface area contributed by atoms with E-state index in [1.165, 1.54) is 4.88 Å². The van der Waals surface area contributed by atoms with Gasteiger partial charge in [-0.25, -0.2) is 4.98 Å². The third kappa shape index (κ3) is 3.49. The fourth-order valence-corrected chi connectivity index (χ4v) is 2.69. The molecule has 0 saturated heterocycles. The first kappa shape index (κ1) is 14.8. The summed E-state index contributed by atoms with van der Waals surface area (Å²) in [6.45, 7) is 4.98. The molecule has 1 aromatic carbocycles. The fraction of sp³-hybridized carbons (Fsp3) is 0.400. The second-order valence-corrected chi connectivity index (χ2v) is 5.23. The minimum atomic E-state index is -0.0597. The lowest BCUT2D eigenvalue weighted by molar-refractivity contribution is 0.250. The van der Waals surface area contributed by atoms with Gasteiger partial charge in [0, 0.05) is 16.9 Å². The van der Waals surface area contributed by atoms with Gasteiger partial charge in [0.2, 0.25) is 0 Å². The van der Waals surface area contributed by atoms with E-state index in [-0.39, 0.29) is 6.61 Å².